The van der Waals surface area contributed by atoms with E-state index in [1.165, 1.54) is 16.7 Å². The summed E-state index contributed by atoms with van der Waals surface area (Å²) < 4.78 is 0. The molecule has 120 valence electrons. The molecule has 0 unspecified atom stereocenters. The van der Waals surface area contributed by atoms with Crippen LogP contribution in [0, 0.1) is 0 Å². The molecule has 0 atom stereocenters. The number of aromatic nitrogens is 2. The molecule has 0 aliphatic carbocycles. The molecule has 1 N–H and O–H groups in total. The monoisotopic (exact) mass is 306 g/mol. The van der Waals surface area contributed by atoms with Gasteiger partial charge in [0.15, 0.2) is 0 Å². The van der Waals surface area contributed by atoms with Crippen molar-refractivity contribution in [1.29, 1.82) is 0 Å². The van der Waals surface area contributed by atoms with Gasteiger partial charge in [-0.2, -0.15) is 0 Å². The van der Waals surface area contributed by atoms with Crippen LogP contribution in [0.1, 0.15) is 52.7 Å². The lowest BCUT2D eigenvalue weighted by Crippen LogP contribution is -2.16. The molecule has 2 aromatic carbocycles. The summed E-state index contributed by atoms with van der Waals surface area (Å²) in [7, 11) is 0. The highest BCUT2D eigenvalue weighted by Crippen LogP contribution is 2.33. The van der Waals surface area contributed by atoms with Gasteiger partial charge in [0.25, 0.3) is 0 Å². The Bertz CT molecular complexity index is 777. The minimum Gasteiger partial charge on any atom is -0.338 e. The highest BCUT2D eigenvalue weighted by Gasteiger charge is 2.21. The fourth-order valence-corrected chi connectivity index (χ4v) is 2.72. The van der Waals surface area contributed by atoms with Crippen LogP contribution in [0.5, 0.6) is 0 Å². The van der Waals surface area contributed by atoms with Gasteiger partial charge >= 0.3 is 0 Å². The number of aromatic amines is 1. The smallest absolute Gasteiger partial charge is 0.138 e. The first-order valence-electron chi connectivity index (χ1n) is 8.26. The molecule has 0 amide bonds. The molecule has 0 bridgehead atoms. The molecule has 0 spiro atoms. The van der Waals surface area contributed by atoms with E-state index in [0.717, 1.165) is 16.9 Å². The Hall–Kier alpha value is -2.09. The summed E-state index contributed by atoms with van der Waals surface area (Å²) in [5, 5.41) is 0. The van der Waals surface area contributed by atoms with Gasteiger partial charge in [0.1, 0.15) is 5.82 Å². The molecule has 3 aromatic rings. The number of fused-ring (bicyclic) bond motifs is 1. The maximum Gasteiger partial charge on any atom is 0.138 e. The second-order valence-electron chi connectivity index (χ2n) is 8.40. The number of para-hydroxylation sites is 2. The van der Waals surface area contributed by atoms with Gasteiger partial charge in [-0.05, 0) is 46.2 Å². The highest BCUT2D eigenvalue weighted by atomic mass is 14.9. The lowest BCUT2D eigenvalue weighted by Gasteiger charge is -2.26. The van der Waals surface area contributed by atoms with E-state index in [1.54, 1.807) is 0 Å². The van der Waals surface area contributed by atoms with Gasteiger partial charge < -0.3 is 4.98 Å². The summed E-state index contributed by atoms with van der Waals surface area (Å²) in [5.74, 6) is 0.947. The predicted octanol–water partition coefficient (Wildman–Crippen LogP) is 5.82. The van der Waals surface area contributed by atoms with E-state index in [2.05, 4.69) is 70.8 Å². The Morgan fingerprint density at radius 1 is 0.783 bits per heavy atom. The van der Waals surface area contributed by atoms with Crippen molar-refractivity contribution in [3.8, 4) is 11.4 Å². The summed E-state index contributed by atoms with van der Waals surface area (Å²) in [6.45, 7) is 13.6. The van der Waals surface area contributed by atoms with Crippen molar-refractivity contribution < 1.29 is 0 Å². The lowest BCUT2D eigenvalue weighted by molar-refractivity contribution is 0.569. The molecule has 1 heterocycles. The number of hydrogen-bond donors (Lipinski definition) is 1. The quantitative estimate of drug-likeness (QED) is 0.602. The van der Waals surface area contributed by atoms with E-state index >= 15 is 0 Å². The van der Waals surface area contributed by atoms with Crippen LogP contribution in [0.2, 0.25) is 0 Å². The normalized spacial score (nSPS) is 12.8. The molecule has 0 saturated heterocycles. The van der Waals surface area contributed by atoms with Crippen LogP contribution in [0.25, 0.3) is 22.4 Å². The van der Waals surface area contributed by atoms with Crippen LogP contribution in [-0.4, -0.2) is 9.97 Å². The maximum absolute atomic E-state index is 4.77. The number of rotatable bonds is 1. The zero-order valence-corrected chi connectivity index (χ0v) is 15.0. The topological polar surface area (TPSA) is 28.7 Å². The summed E-state index contributed by atoms with van der Waals surface area (Å²) >= 11 is 0. The van der Waals surface area contributed by atoms with E-state index in [-0.39, 0.29) is 10.8 Å². The van der Waals surface area contributed by atoms with Crippen LogP contribution in [-0.2, 0) is 10.8 Å². The van der Waals surface area contributed by atoms with E-state index in [4.69, 9.17) is 4.98 Å². The Kier molecular flexibility index (Phi) is 3.59. The first-order valence-corrected chi connectivity index (χ1v) is 8.26. The molecule has 2 nitrogen and oxygen atoms in total. The van der Waals surface area contributed by atoms with Crippen molar-refractivity contribution in [2.75, 3.05) is 0 Å². The molecule has 0 aliphatic rings. The Balaban J connectivity index is 2.21. The molecule has 23 heavy (non-hydrogen) atoms. The third-order valence-electron chi connectivity index (χ3n) is 4.33. The van der Waals surface area contributed by atoms with Gasteiger partial charge in [0.2, 0.25) is 0 Å². The highest BCUT2D eigenvalue weighted by molar-refractivity contribution is 5.79. The Morgan fingerprint density at radius 3 is 1.87 bits per heavy atom. The van der Waals surface area contributed by atoms with Crippen molar-refractivity contribution in [2.24, 2.45) is 0 Å². The average Bonchev–Trinajstić information content (AvgIpc) is 2.89. The van der Waals surface area contributed by atoms with E-state index in [9.17, 15) is 0 Å². The molecule has 0 radical (unpaired) electrons. The largest absolute Gasteiger partial charge is 0.338 e. The predicted molar refractivity (Wildman–Crippen MR) is 98.9 cm³/mol. The summed E-state index contributed by atoms with van der Waals surface area (Å²) in [6.07, 6.45) is 0. The van der Waals surface area contributed by atoms with E-state index in [0.29, 0.717) is 0 Å². The second kappa shape index (κ2) is 5.23. The summed E-state index contributed by atoms with van der Waals surface area (Å²) in [5.41, 5.74) is 6.19. The minimum absolute atomic E-state index is 0.113. The van der Waals surface area contributed by atoms with Gasteiger partial charge in [-0.15, -0.1) is 0 Å². The SMILES string of the molecule is CC(C)(C)c1cc(-c2nc3ccccc3[nH]2)cc(C(C)(C)C)c1. The van der Waals surface area contributed by atoms with Gasteiger partial charge in [0, 0.05) is 5.56 Å². The van der Waals surface area contributed by atoms with E-state index < -0.39 is 0 Å². The summed E-state index contributed by atoms with van der Waals surface area (Å²) in [6, 6.07) is 15.1. The molecular weight excluding hydrogens is 280 g/mol. The first kappa shape index (κ1) is 15.8. The third-order valence-corrected chi connectivity index (χ3v) is 4.33. The molecular formula is C21H26N2. The van der Waals surface area contributed by atoms with Crippen LogP contribution < -0.4 is 0 Å². The molecule has 0 saturated carbocycles. The standard InChI is InChI=1S/C21H26N2/c1-20(2,3)15-11-14(12-16(13-15)21(4,5)6)19-22-17-9-7-8-10-18(17)23-19/h7-13H,1-6H3,(H,22,23). The van der Waals surface area contributed by atoms with E-state index in [1.807, 2.05) is 18.2 Å². The van der Waals surface area contributed by atoms with Crippen LogP contribution in [0.15, 0.2) is 42.5 Å². The Labute approximate surface area is 139 Å². The molecule has 0 aliphatic heterocycles. The van der Waals surface area contributed by atoms with Crippen LogP contribution in [0.4, 0.5) is 0 Å². The van der Waals surface area contributed by atoms with Gasteiger partial charge in [0.05, 0.1) is 11.0 Å². The van der Waals surface area contributed by atoms with Crippen LogP contribution >= 0.6 is 0 Å². The summed E-state index contributed by atoms with van der Waals surface area (Å²) in [4.78, 5) is 8.23. The zero-order valence-electron chi connectivity index (χ0n) is 15.0. The second-order valence-corrected chi connectivity index (χ2v) is 8.40. The Morgan fingerprint density at radius 2 is 1.35 bits per heavy atom. The number of benzene rings is 2. The van der Waals surface area contributed by atoms with Crippen molar-refractivity contribution in [2.45, 2.75) is 52.4 Å². The molecule has 0 fully saturated rings. The molecule has 3 rings (SSSR count). The van der Waals surface area contributed by atoms with Gasteiger partial charge in [-0.3, -0.25) is 0 Å². The van der Waals surface area contributed by atoms with Crippen molar-refractivity contribution in [3.63, 3.8) is 0 Å². The maximum atomic E-state index is 4.77. The van der Waals surface area contributed by atoms with Crippen molar-refractivity contribution in [1.82, 2.24) is 9.97 Å². The number of nitrogens with zero attached hydrogens (tertiary/aromatic N) is 1. The fourth-order valence-electron chi connectivity index (χ4n) is 2.72. The fraction of sp³-hybridized carbons (Fsp3) is 0.381. The number of nitrogens with one attached hydrogen (secondary N) is 1. The third kappa shape index (κ3) is 3.17. The zero-order chi connectivity index (χ0) is 16.8. The minimum atomic E-state index is 0.113. The van der Waals surface area contributed by atoms with Crippen LogP contribution in [0.3, 0.4) is 0 Å². The lowest BCUT2D eigenvalue weighted by atomic mass is 9.79. The van der Waals surface area contributed by atoms with Crippen molar-refractivity contribution >= 4 is 11.0 Å². The van der Waals surface area contributed by atoms with Gasteiger partial charge in [-0.25, -0.2) is 4.98 Å². The number of imidazole rings is 1. The van der Waals surface area contributed by atoms with Gasteiger partial charge in [-0.1, -0.05) is 59.7 Å². The number of H-pyrrole nitrogens is 1. The number of hydrogen-bond acceptors (Lipinski definition) is 1. The average molecular weight is 306 g/mol. The van der Waals surface area contributed by atoms with Crippen molar-refractivity contribution in [3.05, 3.63) is 53.6 Å². The molecule has 2 heteroatoms. The first-order chi connectivity index (χ1) is 10.6. The molecule has 1 aromatic heterocycles.